The molecule has 112 valence electrons. The summed E-state index contributed by atoms with van der Waals surface area (Å²) in [6, 6.07) is 2.31. The molecule has 0 bridgehead atoms. The molecule has 0 aliphatic rings. The predicted octanol–water partition coefficient (Wildman–Crippen LogP) is 1.98. The maximum atomic E-state index is 12.2. The molecule has 0 amide bonds. The Hall–Kier alpha value is -1.31. The highest BCUT2D eigenvalue weighted by atomic mass is 35.5. The van der Waals surface area contributed by atoms with Gasteiger partial charge in [0.2, 0.25) is 10.0 Å². The second-order valence-electron chi connectivity index (χ2n) is 4.54. The van der Waals surface area contributed by atoms with Crippen LogP contribution < -0.4 is 9.46 Å². The van der Waals surface area contributed by atoms with Crippen molar-refractivity contribution >= 4 is 27.6 Å². The summed E-state index contributed by atoms with van der Waals surface area (Å²) < 4.78 is 31.7. The number of carboxylic acids is 1. The first-order valence-electron chi connectivity index (χ1n) is 5.79. The Morgan fingerprint density at radius 3 is 2.50 bits per heavy atom. The Morgan fingerprint density at radius 2 is 2.05 bits per heavy atom. The molecule has 0 radical (unpaired) electrons. The normalized spacial score (nSPS) is 11.7. The van der Waals surface area contributed by atoms with E-state index in [0.717, 1.165) is 12.1 Å². The summed E-state index contributed by atoms with van der Waals surface area (Å²) in [5.74, 6) is -1.45. The first kappa shape index (κ1) is 16.7. The van der Waals surface area contributed by atoms with Crippen LogP contribution in [-0.4, -0.2) is 33.1 Å². The SMILES string of the molecule is COc1c(C(=O)O)cc(Cl)cc1S(=O)(=O)NCC(C)C. The molecule has 0 saturated heterocycles. The molecule has 8 heteroatoms. The molecule has 0 aliphatic carbocycles. The third kappa shape index (κ3) is 3.84. The smallest absolute Gasteiger partial charge is 0.339 e. The zero-order valence-corrected chi connectivity index (χ0v) is 12.9. The Kier molecular flexibility index (Phi) is 5.38. The van der Waals surface area contributed by atoms with Crippen molar-refractivity contribution in [3.63, 3.8) is 0 Å². The molecule has 0 aromatic heterocycles. The highest BCUT2D eigenvalue weighted by Gasteiger charge is 2.25. The minimum absolute atomic E-state index is 0.00752. The van der Waals surface area contributed by atoms with E-state index in [1.807, 2.05) is 13.8 Å². The number of nitrogens with one attached hydrogen (secondary N) is 1. The van der Waals surface area contributed by atoms with E-state index < -0.39 is 16.0 Å². The fourth-order valence-electron chi connectivity index (χ4n) is 1.49. The Bertz CT molecular complexity index is 613. The average molecular weight is 322 g/mol. The van der Waals surface area contributed by atoms with E-state index in [1.54, 1.807) is 0 Å². The minimum atomic E-state index is -3.90. The van der Waals surface area contributed by atoms with Gasteiger partial charge in [-0.1, -0.05) is 25.4 Å². The van der Waals surface area contributed by atoms with Crippen molar-refractivity contribution in [2.75, 3.05) is 13.7 Å². The van der Waals surface area contributed by atoms with E-state index in [0.29, 0.717) is 0 Å². The molecule has 0 fully saturated rings. The van der Waals surface area contributed by atoms with Crippen LogP contribution in [0.5, 0.6) is 5.75 Å². The Labute approximate surface area is 122 Å². The minimum Gasteiger partial charge on any atom is -0.494 e. The molecule has 1 aromatic rings. The van der Waals surface area contributed by atoms with E-state index in [-0.39, 0.29) is 33.7 Å². The van der Waals surface area contributed by atoms with Crippen LogP contribution in [0.3, 0.4) is 0 Å². The molecule has 0 heterocycles. The van der Waals surface area contributed by atoms with Crippen LogP contribution in [0.2, 0.25) is 5.02 Å². The van der Waals surface area contributed by atoms with Crippen LogP contribution in [0.4, 0.5) is 0 Å². The number of carbonyl (C=O) groups is 1. The van der Waals surface area contributed by atoms with Gasteiger partial charge < -0.3 is 9.84 Å². The fraction of sp³-hybridized carbons (Fsp3) is 0.417. The summed E-state index contributed by atoms with van der Waals surface area (Å²) in [7, 11) is -2.69. The second-order valence-corrected chi connectivity index (χ2v) is 6.71. The van der Waals surface area contributed by atoms with Crippen molar-refractivity contribution < 1.29 is 23.1 Å². The van der Waals surface area contributed by atoms with Crippen LogP contribution in [-0.2, 0) is 10.0 Å². The first-order valence-corrected chi connectivity index (χ1v) is 7.65. The van der Waals surface area contributed by atoms with Crippen molar-refractivity contribution in [2.45, 2.75) is 18.7 Å². The standard InChI is InChI=1S/C12H16ClNO5S/c1-7(2)6-14-20(17,18)10-5-8(13)4-9(12(15)16)11(10)19-3/h4-5,7,14H,6H2,1-3H3,(H,15,16). The van der Waals surface area contributed by atoms with Gasteiger partial charge in [0.05, 0.1) is 7.11 Å². The molecule has 2 N–H and O–H groups in total. The van der Waals surface area contributed by atoms with Gasteiger partial charge in [-0.2, -0.15) is 0 Å². The first-order chi connectivity index (χ1) is 9.19. The van der Waals surface area contributed by atoms with Gasteiger partial charge in [0, 0.05) is 11.6 Å². The summed E-state index contributed by atoms with van der Waals surface area (Å²) >= 11 is 5.78. The number of hydrogen-bond donors (Lipinski definition) is 2. The number of rotatable bonds is 6. The van der Waals surface area contributed by atoms with Gasteiger partial charge in [-0.15, -0.1) is 0 Å². The lowest BCUT2D eigenvalue weighted by Crippen LogP contribution is -2.28. The zero-order valence-electron chi connectivity index (χ0n) is 11.3. The van der Waals surface area contributed by atoms with Crippen molar-refractivity contribution in [1.29, 1.82) is 0 Å². The predicted molar refractivity (Wildman–Crippen MR) is 75.0 cm³/mol. The fourth-order valence-corrected chi connectivity index (χ4v) is 3.20. The topological polar surface area (TPSA) is 92.7 Å². The number of ether oxygens (including phenoxy) is 1. The van der Waals surface area contributed by atoms with Crippen LogP contribution in [0, 0.1) is 5.92 Å². The molecule has 1 aromatic carbocycles. The lowest BCUT2D eigenvalue weighted by molar-refractivity contribution is 0.0693. The third-order valence-corrected chi connectivity index (χ3v) is 4.07. The molecule has 0 saturated carbocycles. The van der Waals surface area contributed by atoms with Gasteiger partial charge >= 0.3 is 5.97 Å². The summed E-state index contributed by atoms with van der Waals surface area (Å²) in [6.45, 7) is 3.92. The number of carboxylic acid groups (broad SMARTS) is 1. The van der Waals surface area contributed by atoms with Crippen molar-refractivity contribution in [1.82, 2.24) is 4.72 Å². The van der Waals surface area contributed by atoms with E-state index in [9.17, 15) is 13.2 Å². The molecular formula is C12H16ClNO5S. The van der Waals surface area contributed by atoms with Gasteiger partial charge in [-0.25, -0.2) is 17.9 Å². The third-order valence-electron chi connectivity index (χ3n) is 2.43. The molecule has 0 aliphatic heterocycles. The lowest BCUT2D eigenvalue weighted by atomic mass is 10.2. The summed E-state index contributed by atoms with van der Waals surface area (Å²) in [5.41, 5.74) is -0.301. The number of benzene rings is 1. The molecule has 0 atom stereocenters. The highest BCUT2D eigenvalue weighted by molar-refractivity contribution is 7.89. The number of halogens is 1. The largest absolute Gasteiger partial charge is 0.494 e. The summed E-state index contributed by atoms with van der Waals surface area (Å²) in [4.78, 5) is 10.8. The quantitative estimate of drug-likeness (QED) is 0.835. The number of aromatic carboxylic acids is 1. The Morgan fingerprint density at radius 1 is 1.45 bits per heavy atom. The second kappa shape index (κ2) is 6.43. The number of hydrogen-bond acceptors (Lipinski definition) is 4. The van der Waals surface area contributed by atoms with Gasteiger partial charge in [-0.05, 0) is 18.1 Å². The van der Waals surface area contributed by atoms with E-state index in [4.69, 9.17) is 21.4 Å². The molecule has 20 heavy (non-hydrogen) atoms. The molecule has 0 spiro atoms. The molecule has 1 rings (SSSR count). The maximum Gasteiger partial charge on any atom is 0.339 e. The number of sulfonamides is 1. The average Bonchev–Trinajstić information content (AvgIpc) is 2.35. The molecule has 0 unspecified atom stereocenters. The van der Waals surface area contributed by atoms with Gasteiger partial charge in [-0.3, -0.25) is 0 Å². The van der Waals surface area contributed by atoms with Gasteiger partial charge in [0.1, 0.15) is 10.5 Å². The van der Waals surface area contributed by atoms with Crippen molar-refractivity contribution in [3.8, 4) is 5.75 Å². The van der Waals surface area contributed by atoms with Gasteiger partial charge in [0.15, 0.2) is 5.75 Å². The summed E-state index contributed by atoms with van der Waals surface area (Å²) in [6.07, 6.45) is 0. The molecular weight excluding hydrogens is 306 g/mol. The number of methoxy groups -OCH3 is 1. The van der Waals surface area contributed by atoms with Crippen molar-refractivity contribution in [3.05, 3.63) is 22.7 Å². The van der Waals surface area contributed by atoms with E-state index >= 15 is 0 Å². The molecule has 6 nitrogen and oxygen atoms in total. The Balaban J connectivity index is 3.40. The highest BCUT2D eigenvalue weighted by Crippen LogP contribution is 2.31. The van der Waals surface area contributed by atoms with Crippen LogP contribution in [0.15, 0.2) is 17.0 Å². The zero-order chi connectivity index (χ0) is 15.5. The van der Waals surface area contributed by atoms with Crippen LogP contribution in [0.25, 0.3) is 0 Å². The van der Waals surface area contributed by atoms with Crippen molar-refractivity contribution in [2.24, 2.45) is 5.92 Å². The van der Waals surface area contributed by atoms with Crippen LogP contribution in [0.1, 0.15) is 24.2 Å². The van der Waals surface area contributed by atoms with E-state index in [2.05, 4.69) is 4.72 Å². The van der Waals surface area contributed by atoms with Crippen LogP contribution >= 0.6 is 11.6 Å². The lowest BCUT2D eigenvalue weighted by Gasteiger charge is -2.14. The monoisotopic (exact) mass is 321 g/mol. The maximum absolute atomic E-state index is 12.2. The van der Waals surface area contributed by atoms with Gasteiger partial charge in [0.25, 0.3) is 0 Å². The van der Waals surface area contributed by atoms with E-state index in [1.165, 1.54) is 7.11 Å². The summed E-state index contributed by atoms with van der Waals surface area (Å²) in [5, 5.41) is 9.08.